The van der Waals surface area contributed by atoms with Crippen LogP contribution in [0.2, 0.25) is 0 Å². The number of nitrogens with one attached hydrogen (secondary N) is 1. The van der Waals surface area contributed by atoms with Crippen molar-refractivity contribution in [3.05, 3.63) is 48.3 Å². The third-order valence-electron chi connectivity index (χ3n) is 2.08. The van der Waals surface area contributed by atoms with E-state index in [9.17, 15) is 9.59 Å². The number of carboxylic acid groups (broad SMARTS) is 1. The number of carboxylic acids is 1. The van der Waals surface area contributed by atoms with Gasteiger partial charge in [-0.25, -0.2) is 14.8 Å². The van der Waals surface area contributed by atoms with Crippen molar-refractivity contribution in [2.75, 3.05) is 5.32 Å². The molecule has 96 valence electrons. The molecule has 0 unspecified atom stereocenters. The van der Waals surface area contributed by atoms with Crippen LogP contribution in [-0.4, -0.2) is 27.0 Å². The Hall–Kier alpha value is -2.96. The zero-order valence-electron chi connectivity index (χ0n) is 9.61. The molecule has 1 amide bonds. The van der Waals surface area contributed by atoms with Gasteiger partial charge in [-0.15, -0.1) is 0 Å². The number of rotatable bonds is 4. The molecule has 2 aromatic rings. The monoisotopic (exact) mass is 259 g/mol. The zero-order valence-corrected chi connectivity index (χ0v) is 9.61. The SMILES string of the molecule is O=C(C=Cc1ccco1)Nc1nccnc1C(=O)O. The number of furan rings is 1. The lowest BCUT2D eigenvalue weighted by atomic mass is 10.3. The number of carbonyl (C=O) groups excluding carboxylic acids is 1. The van der Waals surface area contributed by atoms with Gasteiger partial charge in [0.15, 0.2) is 11.5 Å². The van der Waals surface area contributed by atoms with Gasteiger partial charge in [-0.3, -0.25) is 4.79 Å². The van der Waals surface area contributed by atoms with Crippen LogP contribution in [0.5, 0.6) is 0 Å². The van der Waals surface area contributed by atoms with Crippen molar-refractivity contribution >= 4 is 23.8 Å². The van der Waals surface area contributed by atoms with E-state index in [4.69, 9.17) is 9.52 Å². The molecule has 7 heteroatoms. The van der Waals surface area contributed by atoms with Crippen molar-refractivity contribution in [1.29, 1.82) is 0 Å². The molecular weight excluding hydrogens is 250 g/mol. The lowest BCUT2D eigenvalue weighted by Crippen LogP contribution is -2.14. The number of nitrogens with zero attached hydrogens (tertiary/aromatic N) is 2. The quantitative estimate of drug-likeness (QED) is 0.804. The fourth-order valence-corrected chi connectivity index (χ4v) is 1.29. The second-order valence-corrected chi connectivity index (χ2v) is 3.40. The molecule has 2 aromatic heterocycles. The molecule has 0 bridgehead atoms. The van der Waals surface area contributed by atoms with Gasteiger partial charge in [0.25, 0.3) is 0 Å². The minimum absolute atomic E-state index is 0.107. The van der Waals surface area contributed by atoms with Gasteiger partial charge in [0, 0.05) is 18.5 Å². The second kappa shape index (κ2) is 5.58. The molecule has 2 N–H and O–H groups in total. The molecule has 0 saturated heterocycles. The molecular formula is C12H9N3O4. The summed E-state index contributed by atoms with van der Waals surface area (Å²) in [4.78, 5) is 29.8. The highest BCUT2D eigenvalue weighted by Gasteiger charge is 2.13. The van der Waals surface area contributed by atoms with Gasteiger partial charge in [-0.1, -0.05) is 0 Å². The van der Waals surface area contributed by atoms with Crippen LogP contribution in [0, 0.1) is 0 Å². The number of hydrogen-bond acceptors (Lipinski definition) is 5. The number of hydrogen-bond donors (Lipinski definition) is 2. The standard InChI is InChI=1S/C12H9N3O4/c16-9(4-3-8-2-1-7-19-8)15-11-10(12(17)18)13-5-6-14-11/h1-7H,(H,17,18)(H,14,15,16). The Labute approximate surface area is 107 Å². The summed E-state index contributed by atoms with van der Waals surface area (Å²) < 4.78 is 5.01. The zero-order chi connectivity index (χ0) is 13.7. The van der Waals surface area contributed by atoms with Crippen molar-refractivity contribution < 1.29 is 19.1 Å². The summed E-state index contributed by atoms with van der Waals surface area (Å²) in [6.07, 6.45) is 6.66. The van der Waals surface area contributed by atoms with Crippen LogP contribution in [0.4, 0.5) is 5.82 Å². The Morgan fingerprint density at radius 2 is 2.11 bits per heavy atom. The largest absolute Gasteiger partial charge is 0.476 e. The van der Waals surface area contributed by atoms with E-state index in [1.807, 2.05) is 0 Å². The number of anilines is 1. The minimum atomic E-state index is -1.27. The summed E-state index contributed by atoms with van der Waals surface area (Å²) in [5, 5.41) is 11.2. The molecule has 0 radical (unpaired) electrons. The van der Waals surface area contributed by atoms with Crippen LogP contribution in [0.3, 0.4) is 0 Å². The molecule has 0 aliphatic carbocycles. The van der Waals surface area contributed by atoms with Crippen molar-refractivity contribution in [2.45, 2.75) is 0 Å². The number of carbonyl (C=O) groups is 2. The third kappa shape index (κ3) is 3.25. The normalized spacial score (nSPS) is 10.5. The van der Waals surface area contributed by atoms with Gasteiger partial charge >= 0.3 is 5.97 Å². The van der Waals surface area contributed by atoms with Crippen molar-refractivity contribution in [3.63, 3.8) is 0 Å². The van der Waals surface area contributed by atoms with Crippen LogP contribution < -0.4 is 5.32 Å². The van der Waals surface area contributed by atoms with Crippen LogP contribution in [0.15, 0.2) is 41.3 Å². The van der Waals surface area contributed by atoms with E-state index in [-0.39, 0.29) is 11.5 Å². The summed E-state index contributed by atoms with van der Waals surface area (Å²) in [6, 6.07) is 3.36. The molecule has 0 saturated carbocycles. The average Bonchev–Trinajstić information content (AvgIpc) is 2.90. The van der Waals surface area contributed by atoms with Gasteiger partial charge in [-0.2, -0.15) is 0 Å². The van der Waals surface area contributed by atoms with Crippen molar-refractivity contribution in [3.8, 4) is 0 Å². The smallest absolute Gasteiger partial charge is 0.358 e. The highest BCUT2D eigenvalue weighted by Crippen LogP contribution is 2.08. The van der Waals surface area contributed by atoms with Gasteiger partial charge in [-0.05, 0) is 18.2 Å². The van der Waals surface area contributed by atoms with Crippen LogP contribution in [-0.2, 0) is 4.79 Å². The maximum absolute atomic E-state index is 11.6. The lowest BCUT2D eigenvalue weighted by molar-refractivity contribution is -0.111. The van der Waals surface area contributed by atoms with Gasteiger partial charge in [0.05, 0.1) is 6.26 Å². The lowest BCUT2D eigenvalue weighted by Gasteiger charge is -2.03. The first kappa shape index (κ1) is 12.5. The summed E-state index contributed by atoms with van der Waals surface area (Å²) in [6.45, 7) is 0. The summed E-state index contributed by atoms with van der Waals surface area (Å²) in [7, 11) is 0. The first-order valence-corrected chi connectivity index (χ1v) is 5.23. The van der Waals surface area contributed by atoms with E-state index in [2.05, 4.69) is 15.3 Å². The maximum Gasteiger partial charge on any atom is 0.358 e. The predicted octanol–water partition coefficient (Wildman–Crippen LogP) is 1.42. The average molecular weight is 259 g/mol. The van der Waals surface area contributed by atoms with Crippen LogP contribution in [0.25, 0.3) is 6.08 Å². The Morgan fingerprint density at radius 1 is 1.32 bits per heavy atom. The van der Waals surface area contributed by atoms with E-state index in [1.165, 1.54) is 30.8 Å². The van der Waals surface area contributed by atoms with Gasteiger partial charge in [0.1, 0.15) is 5.76 Å². The molecule has 7 nitrogen and oxygen atoms in total. The predicted molar refractivity (Wildman–Crippen MR) is 65.4 cm³/mol. The summed E-state index contributed by atoms with van der Waals surface area (Å²) >= 11 is 0. The topological polar surface area (TPSA) is 105 Å². The summed E-state index contributed by atoms with van der Waals surface area (Å²) in [5.74, 6) is -1.39. The van der Waals surface area contributed by atoms with Gasteiger partial charge in [0.2, 0.25) is 5.91 Å². The second-order valence-electron chi connectivity index (χ2n) is 3.40. The molecule has 0 atom stereocenters. The first-order chi connectivity index (χ1) is 9.16. The summed E-state index contributed by atoms with van der Waals surface area (Å²) in [5.41, 5.74) is -0.317. The molecule has 0 aliphatic heterocycles. The van der Waals surface area contributed by atoms with Crippen molar-refractivity contribution in [1.82, 2.24) is 9.97 Å². The molecule has 0 aromatic carbocycles. The van der Waals surface area contributed by atoms with E-state index in [0.717, 1.165) is 0 Å². The maximum atomic E-state index is 11.6. The Kier molecular flexibility index (Phi) is 3.67. The molecule has 0 spiro atoms. The highest BCUT2D eigenvalue weighted by atomic mass is 16.4. The van der Waals surface area contributed by atoms with Crippen molar-refractivity contribution in [2.24, 2.45) is 0 Å². The molecule has 2 rings (SSSR count). The molecule has 0 aliphatic rings. The Balaban J connectivity index is 2.09. The minimum Gasteiger partial charge on any atom is -0.476 e. The molecule has 0 fully saturated rings. The third-order valence-corrected chi connectivity index (χ3v) is 2.08. The number of aromatic carboxylic acids is 1. The van der Waals surface area contributed by atoms with E-state index < -0.39 is 11.9 Å². The highest BCUT2D eigenvalue weighted by molar-refractivity contribution is 6.04. The van der Waals surface area contributed by atoms with E-state index in [1.54, 1.807) is 12.1 Å². The molecule has 19 heavy (non-hydrogen) atoms. The fourth-order valence-electron chi connectivity index (χ4n) is 1.29. The number of aromatic nitrogens is 2. The molecule has 2 heterocycles. The Bertz CT molecular complexity index is 620. The van der Waals surface area contributed by atoms with E-state index in [0.29, 0.717) is 5.76 Å². The van der Waals surface area contributed by atoms with E-state index >= 15 is 0 Å². The van der Waals surface area contributed by atoms with Crippen LogP contribution >= 0.6 is 0 Å². The van der Waals surface area contributed by atoms with Crippen LogP contribution in [0.1, 0.15) is 16.2 Å². The Morgan fingerprint density at radius 3 is 2.79 bits per heavy atom. The fraction of sp³-hybridized carbons (Fsp3) is 0. The first-order valence-electron chi connectivity index (χ1n) is 5.23. The van der Waals surface area contributed by atoms with Gasteiger partial charge < -0.3 is 14.8 Å². The number of amides is 1.